The summed E-state index contributed by atoms with van der Waals surface area (Å²) in [4.78, 5) is 5.06. The monoisotopic (exact) mass is 840 g/mol. The maximum atomic E-state index is 2.53. The average molecular weight is 841 g/mol. The average Bonchev–Trinajstić information content (AvgIpc) is 3.31. The van der Waals surface area contributed by atoms with Crippen LogP contribution in [0.3, 0.4) is 0 Å². The van der Waals surface area contributed by atoms with Crippen LogP contribution in [-0.2, 0) is 0 Å². The Balaban J connectivity index is 1.19. The Kier molecular flexibility index (Phi) is 8.40. The minimum atomic E-state index is -1.96. The molecular formula is C59H48N2Si2. The van der Waals surface area contributed by atoms with Crippen LogP contribution in [0, 0.1) is 6.92 Å². The zero-order chi connectivity index (χ0) is 42.6. The Morgan fingerprint density at radius 2 is 0.730 bits per heavy atom. The molecule has 4 heteroatoms. The number of nitrogens with zero attached hydrogens (tertiary/aromatic N) is 2. The van der Waals surface area contributed by atoms with Crippen LogP contribution < -0.4 is 30.5 Å². The first-order chi connectivity index (χ1) is 30.7. The number of hydrogen-bond acceptors (Lipinski definition) is 2. The van der Waals surface area contributed by atoms with Gasteiger partial charge in [0.15, 0.2) is 0 Å². The lowest BCUT2D eigenvalue weighted by Crippen LogP contribution is -2.58. The van der Waals surface area contributed by atoms with Gasteiger partial charge in [0.05, 0.1) is 0 Å². The van der Waals surface area contributed by atoms with Gasteiger partial charge in [-0.05, 0) is 137 Å². The Bertz CT molecular complexity index is 3410. The van der Waals surface area contributed by atoms with E-state index < -0.39 is 16.1 Å². The van der Waals surface area contributed by atoms with E-state index in [1.807, 2.05) is 0 Å². The second kappa shape index (κ2) is 14.0. The van der Waals surface area contributed by atoms with Crippen LogP contribution in [0.1, 0.15) is 5.56 Å². The van der Waals surface area contributed by atoms with E-state index in [4.69, 9.17) is 0 Å². The summed E-state index contributed by atoms with van der Waals surface area (Å²) in [6, 6.07) is 75.9. The molecule has 0 atom stereocenters. The minimum absolute atomic E-state index is 1.17. The molecule has 10 aromatic carbocycles. The van der Waals surface area contributed by atoms with Gasteiger partial charge >= 0.3 is 0 Å². The van der Waals surface area contributed by atoms with Crippen LogP contribution in [0.4, 0.5) is 34.1 Å². The van der Waals surface area contributed by atoms with E-state index in [2.05, 4.69) is 243 Å². The molecule has 0 unspecified atom stereocenters. The number of aryl methyl sites for hydroxylation is 1. The molecule has 0 N–H and O–H groups in total. The third-order valence-electron chi connectivity index (χ3n) is 14.2. The van der Waals surface area contributed by atoms with Gasteiger partial charge in [0.1, 0.15) is 16.1 Å². The fourth-order valence-electron chi connectivity index (χ4n) is 11.1. The van der Waals surface area contributed by atoms with Crippen LogP contribution in [0.5, 0.6) is 0 Å². The summed E-state index contributed by atoms with van der Waals surface area (Å²) in [5.41, 5.74) is 13.7. The lowest BCUT2D eigenvalue weighted by molar-refractivity contribution is 1.29. The molecule has 2 aliphatic rings. The molecule has 63 heavy (non-hydrogen) atoms. The molecular weight excluding hydrogens is 793 g/mol. The van der Waals surface area contributed by atoms with Gasteiger partial charge in [-0.15, -0.1) is 0 Å². The van der Waals surface area contributed by atoms with Gasteiger partial charge in [-0.25, -0.2) is 0 Å². The van der Waals surface area contributed by atoms with E-state index in [1.165, 1.54) is 115 Å². The van der Waals surface area contributed by atoms with Crippen molar-refractivity contribution in [2.24, 2.45) is 0 Å². The molecule has 0 saturated heterocycles. The Labute approximate surface area is 372 Å². The molecule has 10 aromatic rings. The molecule has 0 saturated carbocycles. The van der Waals surface area contributed by atoms with Crippen molar-refractivity contribution in [3.05, 3.63) is 206 Å². The second-order valence-corrected chi connectivity index (χ2v) is 27.3. The number of benzene rings is 10. The molecule has 0 bridgehead atoms. The van der Waals surface area contributed by atoms with E-state index in [0.717, 1.165) is 0 Å². The summed E-state index contributed by atoms with van der Waals surface area (Å²) in [6.07, 6.45) is 0. The fraction of sp³-hybridized carbons (Fsp3) is 0.0847. The molecule has 2 aliphatic heterocycles. The van der Waals surface area contributed by atoms with E-state index in [-0.39, 0.29) is 0 Å². The van der Waals surface area contributed by atoms with Crippen molar-refractivity contribution < 1.29 is 0 Å². The molecule has 0 radical (unpaired) electrons. The fourth-order valence-corrected chi connectivity index (χ4v) is 17.1. The summed E-state index contributed by atoms with van der Waals surface area (Å²) < 4.78 is 0. The zero-order valence-electron chi connectivity index (χ0n) is 36.4. The van der Waals surface area contributed by atoms with Crippen molar-refractivity contribution in [1.82, 2.24) is 0 Å². The van der Waals surface area contributed by atoms with Gasteiger partial charge in [-0.2, -0.15) is 0 Å². The lowest BCUT2D eigenvalue weighted by atomic mass is 9.84. The van der Waals surface area contributed by atoms with Crippen LogP contribution in [0.25, 0.3) is 54.6 Å². The van der Waals surface area contributed by atoms with Crippen LogP contribution >= 0.6 is 0 Å². The van der Waals surface area contributed by atoms with Gasteiger partial charge in [0, 0.05) is 34.1 Å². The molecule has 12 rings (SSSR count). The molecule has 2 heterocycles. The highest BCUT2D eigenvalue weighted by molar-refractivity contribution is 7.03. The quantitative estimate of drug-likeness (QED) is 0.129. The van der Waals surface area contributed by atoms with Crippen LogP contribution in [-0.4, -0.2) is 16.1 Å². The largest absolute Gasteiger partial charge is 0.311 e. The maximum Gasteiger partial charge on any atom is 0.117 e. The normalized spacial score (nSPS) is 14.6. The third-order valence-corrected chi connectivity index (χ3v) is 21.3. The number of para-hydroxylation sites is 4. The highest BCUT2D eigenvalue weighted by Gasteiger charge is 2.40. The first kappa shape index (κ1) is 37.7. The Morgan fingerprint density at radius 3 is 1.19 bits per heavy atom. The standard InChI is InChI=1S/C59H48N2Si2/c1-39-17-16-20-42(35-39)58-46-33-31-45(61-52-23-10-14-27-56(52)63(4,5)57-28-15-11-24-53(57)61)38-49(46)59(43-30-29-40-18-6-7-19-41(40)36-43)47-34-32-44(37-48(47)58)60-50-21-8-12-25-54(50)62(2,3)55-26-13-9-22-51(55)60/h6-38H,1-5H3. The Morgan fingerprint density at radius 1 is 0.317 bits per heavy atom. The van der Waals surface area contributed by atoms with Crippen molar-refractivity contribution in [2.45, 2.75) is 33.1 Å². The smallest absolute Gasteiger partial charge is 0.117 e. The second-order valence-electron chi connectivity index (χ2n) is 18.6. The molecule has 302 valence electrons. The molecule has 2 nitrogen and oxygen atoms in total. The summed E-state index contributed by atoms with van der Waals surface area (Å²) in [6.45, 7) is 12.2. The number of anilines is 6. The van der Waals surface area contributed by atoms with Gasteiger partial charge in [0.25, 0.3) is 0 Å². The van der Waals surface area contributed by atoms with E-state index in [1.54, 1.807) is 0 Å². The molecule has 0 spiro atoms. The molecule has 0 amide bonds. The lowest BCUT2D eigenvalue weighted by Gasteiger charge is -2.41. The first-order valence-corrected chi connectivity index (χ1v) is 28.3. The predicted octanol–water partition coefficient (Wildman–Crippen LogP) is 14.0. The van der Waals surface area contributed by atoms with Crippen molar-refractivity contribution in [1.29, 1.82) is 0 Å². The highest BCUT2D eigenvalue weighted by atomic mass is 28.3. The Hall–Kier alpha value is -6.99. The van der Waals surface area contributed by atoms with Crippen molar-refractivity contribution in [3.63, 3.8) is 0 Å². The summed E-state index contributed by atoms with van der Waals surface area (Å²) in [5, 5.41) is 13.4. The van der Waals surface area contributed by atoms with Crippen molar-refractivity contribution in [2.75, 3.05) is 9.80 Å². The van der Waals surface area contributed by atoms with E-state index in [0.29, 0.717) is 0 Å². The summed E-state index contributed by atoms with van der Waals surface area (Å²) >= 11 is 0. The van der Waals surface area contributed by atoms with E-state index >= 15 is 0 Å². The predicted molar refractivity (Wildman–Crippen MR) is 277 cm³/mol. The molecule has 0 fully saturated rings. The van der Waals surface area contributed by atoms with Gasteiger partial charge < -0.3 is 9.80 Å². The topological polar surface area (TPSA) is 6.48 Å². The van der Waals surface area contributed by atoms with Crippen LogP contribution in [0.2, 0.25) is 26.2 Å². The van der Waals surface area contributed by atoms with Gasteiger partial charge in [-0.3, -0.25) is 0 Å². The molecule has 0 aromatic heterocycles. The van der Waals surface area contributed by atoms with Crippen molar-refractivity contribution in [3.8, 4) is 22.3 Å². The highest BCUT2D eigenvalue weighted by Crippen LogP contribution is 2.49. The number of rotatable bonds is 4. The van der Waals surface area contributed by atoms with Crippen molar-refractivity contribution >= 4 is 103 Å². The minimum Gasteiger partial charge on any atom is -0.311 e. The third kappa shape index (κ3) is 5.68. The SMILES string of the molecule is Cc1cccc(-c2c3ccc(N4c5ccccc5[Si](C)(C)c5ccccc54)cc3c(-c3ccc4ccccc4c3)c3ccc(N4c5ccccc5[Si](C)(C)c5ccccc54)cc23)c1. The summed E-state index contributed by atoms with van der Waals surface area (Å²) in [5.74, 6) is 0. The number of fused-ring (bicyclic) bond motifs is 7. The zero-order valence-corrected chi connectivity index (χ0v) is 38.4. The maximum absolute atomic E-state index is 2.53. The van der Waals surface area contributed by atoms with Gasteiger partial charge in [-0.1, -0.05) is 177 Å². The summed E-state index contributed by atoms with van der Waals surface area (Å²) in [7, 11) is -3.92. The number of hydrogen-bond donors (Lipinski definition) is 0. The van der Waals surface area contributed by atoms with E-state index in [9.17, 15) is 0 Å². The van der Waals surface area contributed by atoms with Gasteiger partial charge in [0.2, 0.25) is 0 Å². The first-order valence-electron chi connectivity index (χ1n) is 22.3. The molecule has 0 aliphatic carbocycles. The van der Waals surface area contributed by atoms with Crippen LogP contribution in [0.15, 0.2) is 200 Å².